The molecule has 0 bridgehead atoms. The Morgan fingerprint density at radius 2 is 1.35 bits per heavy atom. The van der Waals surface area contributed by atoms with Gasteiger partial charge in [0.05, 0.1) is 0 Å². The van der Waals surface area contributed by atoms with Gasteiger partial charge >= 0.3 is 35.5 Å². The zero-order valence-corrected chi connectivity index (χ0v) is 24.0. The van der Waals surface area contributed by atoms with Gasteiger partial charge in [0.1, 0.15) is 6.04 Å². The monoisotopic (exact) mass is 480 g/mol. The molecule has 1 aromatic heterocycles. The van der Waals surface area contributed by atoms with E-state index in [0.717, 1.165) is 29.4 Å². The van der Waals surface area contributed by atoms with Gasteiger partial charge in [-0.1, -0.05) is 121 Å². The van der Waals surface area contributed by atoms with Gasteiger partial charge in [-0.2, -0.15) is 0 Å². The summed E-state index contributed by atoms with van der Waals surface area (Å²) >= 11 is 0. The standard InChI is InChI=1S/C29H48N2O2.Na.H/c1-2-3-4-5-6-7-8-9-10-11-12-13-14-15-16-19-22-30-28(29(32)33)23-25-24-31-27-21-18-17-20-26(25)27;;/h17-18,20-21,24,28,30-31H,2-16,19,22-23H2,1H3,(H,32,33);;/q;+1;-1/t28-;;/m0../s1. The Morgan fingerprint density at radius 3 is 1.88 bits per heavy atom. The molecule has 0 aliphatic rings. The van der Waals surface area contributed by atoms with Crippen molar-refractivity contribution >= 4 is 16.9 Å². The van der Waals surface area contributed by atoms with E-state index >= 15 is 0 Å². The molecule has 2 rings (SSSR count). The number of benzene rings is 1. The molecule has 34 heavy (non-hydrogen) atoms. The summed E-state index contributed by atoms with van der Waals surface area (Å²) in [6, 6.07) is 7.54. The van der Waals surface area contributed by atoms with Crippen LogP contribution in [0.25, 0.3) is 10.9 Å². The first-order valence-corrected chi connectivity index (χ1v) is 13.7. The summed E-state index contributed by atoms with van der Waals surface area (Å²) in [5, 5.41) is 14.0. The average Bonchev–Trinajstić information content (AvgIpc) is 3.23. The van der Waals surface area contributed by atoms with Crippen molar-refractivity contribution in [3.8, 4) is 0 Å². The van der Waals surface area contributed by atoms with Gasteiger partial charge in [-0.25, -0.2) is 0 Å². The van der Waals surface area contributed by atoms with Crippen molar-refractivity contribution in [3.63, 3.8) is 0 Å². The normalized spacial score (nSPS) is 12.0. The molecule has 188 valence electrons. The van der Waals surface area contributed by atoms with Crippen molar-refractivity contribution in [3.05, 3.63) is 36.0 Å². The van der Waals surface area contributed by atoms with Crippen LogP contribution in [-0.4, -0.2) is 28.6 Å². The van der Waals surface area contributed by atoms with Crippen LogP contribution in [0.1, 0.15) is 117 Å². The van der Waals surface area contributed by atoms with Gasteiger partial charge in [0, 0.05) is 23.5 Å². The quantitative estimate of drug-likeness (QED) is 0.171. The number of aliphatic carboxylic acids is 1. The first-order valence-electron chi connectivity index (χ1n) is 13.7. The molecule has 0 radical (unpaired) electrons. The molecule has 1 heterocycles. The molecular formula is C29H49N2NaO2. The molecule has 3 N–H and O–H groups in total. The SMILES string of the molecule is CCCCCCCCCCCCCCCCCCN[C@@H](Cc1c[nH]c2ccccc12)C(=O)O.[H-].[Na+]. The van der Waals surface area contributed by atoms with Crippen LogP contribution in [0.2, 0.25) is 0 Å². The Kier molecular flexibility index (Phi) is 18.7. The Balaban J connectivity index is 0.00000578. The predicted octanol–water partition coefficient (Wildman–Crippen LogP) is 5.13. The van der Waals surface area contributed by atoms with E-state index in [1.807, 2.05) is 24.4 Å². The van der Waals surface area contributed by atoms with Gasteiger partial charge in [0.25, 0.3) is 0 Å². The second-order valence-corrected chi connectivity index (χ2v) is 9.71. The zero-order chi connectivity index (χ0) is 23.6. The Bertz CT molecular complexity index is 768. The fraction of sp³-hybridized carbons (Fsp3) is 0.690. The van der Waals surface area contributed by atoms with E-state index in [0.29, 0.717) is 6.42 Å². The number of H-pyrrole nitrogens is 1. The number of carboxylic acids is 1. The van der Waals surface area contributed by atoms with Gasteiger partial charge in [-0.15, -0.1) is 0 Å². The molecule has 0 spiro atoms. The summed E-state index contributed by atoms with van der Waals surface area (Å²) in [6.07, 6.45) is 24.1. The van der Waals surface area contributed by atoms with Gasteiger partial charge in [0.2, 0.25) is 0 Å². The molecule has 4 nitrogen and oxygen atoms in total. The summed E-state index contributed by atoms with van der Waals surface area (Å²) in [6.45, 7) is 3.06. The number of carboxylic acid groups (broad SMARTS) is 1. The van der Waals surface area contributed by atoms with E-state index < -0.39 is 12.0 Å². The van der Waals surface area contributed by atoms with E-state index in [1.165, 1.54) is 96.3 Å². The van der Waals surface area contributed by atoms with Gasteiger partial charge < -0.3 is 16.8 Å². The molecular weight excluding hydrogens is 431 g/mol. The number of nitrogens with one attached hydrogen (secondary N) is 2. The number of hydrogen-bond donors (Lipinski definition) is 3. The minimum Gasteiger partial charge on any atom is -1.00 e. The summed E-state index contributed by atoms with van der Waals surface area (Å²) in [4.78, 5) is 14.9. The topological polar surface area (TPSA) is 65.1 Å². The maximum atomic E-state index is 11.7. The van der Waals surface area contributed by atoms with Crippen LogP contribution in [0.4, 0.5) is 0 Å². The van der Waals surface area contributed by atoms with Gasteiger partial charge in [-0.05, 0) is 24.6 Å². The largest absolute Gasteiger partial charge is 1.00 e. The Morgan fingerprint density at radius 1 is 0.853 bits per heavy atom. The number of hydrogen-bond acceptors (Lipinski definition) is 2. The minimum atomic E-state index is -0.767. The first-order chi connectivity index (χ1) is 16.2. The number of para-hydroxylation sites is 1. The number of rotatable bonds is 21. The van der Waals surface area contributed by atoms with Crippen molar-refractivity contribution in [2.75, 3.05) is 6.54 Å². The molecule has 2 aromatic rings. The first kappa shape index (κ1) is 31.2. The van der Waals surface area contributed by atoms with Crippen molar-refractivity contribution in [1.29, 1.82) is 0 Å². The molecule has 0 aliphatic heterocycles. The molecule has 0 fully saturated rings. The van der Waals surface area contributed by atoms with Crippen LogP contribution < -0.4 is 34.9 Å². The number of aromatic nitrogens is 1. The van der Waals surface area contributed by atoms with Crippen molar-refractivity contribution in [1.82, 2.24) is 10.3 Å². The zero-order valence-electron chi connectivity index (χ0n) is 23.0. The molecule has 0 amide bonds. The second-order valence-electron chi connectivity index (χ2n) is 9.71. The summed E-state index contributed by atoms with van der Waals surface area (Å²) < 4.78 is 0. The average molecular weight is 481 g/mol. The fourth-order valence-electron chi connectivity index (χ4n) is 4.72. The molecule has 0 aliphatic carbocycles. The van der Waals surface area contributed by atoms with E-state index in [4.69, 9.17) is 0 Å². The third-order valence-corrected chi connectivity index (χ3v) is 6.82. The second kappa shape index (κ2) is 20.4. The molecule has 0 saturated heterocycles. The third kappa shape index (κ3) is 13.3. The molecule has 0 saturated carbocycles. The van der Waals surface area contributed by atoms with E-state index in [1.54, 1.807) is 0 Å². The van der Waals surface area contributed by atoms with E-state index in [2.05, 4.69) is 23.3 Å². The number of unbranched alkanes of at least 4 members (excludes halogenated alkanes) is 15. The van der Waals surface area contributed by atoms with Crippen LogP contribution in [-0.2, 0) is 11.2 Å². The van der Waals surface area contributed by atoms with Gasteiger partial charge in [-0.3, -0.25) is 4.79 Å². The van der Waals surface area contributed by atoms with Crippen molar-refractivity contribution < 1.29 is 40.9 Å². The Hall–Kier alpha value is -0.810. The van der Waals surface area contributed by atoms with Crippen molar-refractivity contribution in [2.45, 2.75) is 122 Å². The van der Waals surface area contributed by atoms with Crippen molar-refractivity contribution in [2.24, 2.45) is 0 Å². The maximum absolute atomic E-state index is 11.7. The summed E-state index contributed by atoms with van der Waals surface area (Å²) in [5.74, 6) is -0.767. The molecule has 0 unspecified atom stereocenters. The van der Waals surface area contributed by atoms with Crippen LogP contribution in [0.5, 0.6) is 0 Å². The summed E-state index contributed by atoms with van der Waals surface area (Å²) in [5.41, 5.74) is 2.13. The van der Waals surface area contributed by atoms with Crippen LogP contribution >= 0.6 is 0 Å². The van der Waals surface area contributed by atoms with E-state index in [-0.39, 0.29) is 31.0 Å². The number of aromatic amines is 1. The predicted molar refractivity (Wildman–Crippen MR) is 142 cm³/mol. The molecule has 1 atom stereocenters. The summed E-state index contributed by atoms with van der Waals surface area (Å²) in [7, 11) is 0. The fourth-order valence-corrected chi connectivity index (χ4v) is 4.72. The number of fused-ring (bicyclic) bond motifs is 1. The minimum absolute atomic E-state index is 0. The smallest absolute Gasteiger partial charge is 1.00 e. The van der Waals surface area contributed by atoms with Crippen LogP contribution in [0.15, 0.2) is 30.5 Å². The van der Waals surface area contributed by atoms with Gasteiger partial charge in [0.15, 0.2) is 0 Å². The van der Waals surface area contributed by atoms with Crippen LogP contribution in [0.3, 0.4) is 0 Å². The molecule has 1 aromatic carbocycles. The van der Waals surface area contributed by atoms with E-state index in [9.17, 15) is 9.90 Å². The number of carbonyl (C=O) groups is 1. The molecule has 5 heteroatoms. The van der Waals surface area contributed by atoms with Crippen LogP contribution in [0, 0.1) is 0 Å². The third-order valence-electron chi connectivity index (χ3n) is 6.82. The maximum Gasteiger partial charge on any atom is 1.00 e. The Labute approximate surface area is 231 Å².